The Morgan fingerprint density at radius 1 is 1.12 bits per heavy atom. The van der Waals surface area contributed by atoms with E-state index in [1.165, 1.54) is 6.07 Å². The van der Waals surface area contributed by atoms with Gasteiger partial charge >= 0.3 is 10.4 Å². The van der Waals surface area contributed by atoms with Crippen molar-refractivity contribution in [1.29, 1.82) is 0 Å². The van der Waals surface area contributed by atoms with E-state index in [-0.39, 0.29) is 11.7 Å². The van der Waals surface area contributed by atoms with Crippen molar-refractivity contribution in [2.24, 2.45) is 0 Å². The molecule has 25 heavy (non-hydrogen) atoms. The molecule has 2 aromatic carbocycles. The van der Waals surface area contributed by atoms with Gasteiger partial charge in [-0.1, -0.05) is 18.8 Å². The lowest BCUT2D eigenvalue weighted by molar-refractivity contribution is 0.340. The maximum atomic E-state index is 10.9. The number of benzene rings is 2. The van der Waals surface area contributed by atoms with E-state index in [2.05, 4.69) is 16.0 Å². The molecule has 0 amide bonds. The molecule has 1 unspecified atom stereocenters. The molecular weight excluding hydrogens is 340 g/mol. The van der Waals surface area contributed by atoms with Crippen molar-refractivity contribution in [1.82, 2.24) is 0 Å². The van der Waals surface area contributed by atoms with Crippen molar-refractivity contribution < 1.29 is 21.9 Å². The summed E-state index contributed by atoms with van der Waals surface area (Å²) in [6.07, 6.45) is 0.729. The fourth-order valence-electron chi connectivity index (χ4n) is 2.93. The Labute approximate surface area is 147 Å². The first-order valence-electron chi connectivity index (χ1n) is 7.94. The highest BCUT2D eigenvalue weighted by atomic mass is 32.3. The zero-order valence-corrected chi connectivity index (χ0v) is 14.8. The Balaban J connectivity index is 2.02. The SMILES string of the molecule is CCOc1ccc2c(c1)CC(C)c1cc(OS(=O)(=O)O)ccc1C#C2. The second kappa shape index (κ2) is 6.79. The van der Waals surface area contributed by atoms with Crippen molar-refractivity contribution in [3.05, 3.63) is 58.7 Å². The van der Waals surface area contributed by atoms with Crippen molar-refractivity contribution >= 4 is 10.4 Å². The van der Waals surface area contributed by atoms with Gasteiger partial charge in [0.2, 0.25) is 0 Å². The van der Waals surface area contributed by atoms with E-state index in [1.807, 2.05) is 32.0 Å². The van der Waals surface area contributed by atoms with Crippen molar-refractivity contribution in [2.75, 3.05) is 6.61 Å². The highest BCUT2D eigenvalue weighted by molar-refractivity contribution is 7.81. The van der Waals surface area contributed by atoms with Crippen molar-refractivity contribution in [3.63, 3.8) is 0 Å². The van der Waals surface area contributed by atoms with Crippen LogP contribution in [0.4, 0.5) is 0 Å². The van der Waals surface area contributed by atoms with Crippen LogP contribution >= 0.6 is 0 Å². The first-order valence-corrected chi connectivity index (χ1v) is 9.31. The lowest BCUT2D eigenvalue weighted by atomic mass is 9.87. The largest absolute Gasteiger partial charge is 0.494 e. The molecule has 0 saturated carbocycles. The molecule has 1 aliphatic carbocycles. The molecular formula is C19H18O5S. The van der Waals surface area contributed by atoms with E-state index >= 15 is 0 Å². The van der Waals surface area contributed by atoms with Crippen LogP contribution in [0.5, 0.6) is 11.5 Å². The predicted molar refractivity (Wildman–Crippen MR) is 94.3 cm³/mol. The molecule has 1 atom stereocenters. The predicted octanol–water partition coefficient (Wildman–Crippen LogP) is 3.33. The Hall–Kier alpha value is -2.49. The Morgan fingerprint density at radius 3 is 2.52 bits per heavy atom. The Bertz CT molecular complexity index is 967. The first kappa shape index (κ1) is 17.3. The molecule has 0 heterocycles. The highest BCUT2D eigenvalue weighted by Crippen LogP contribution is 2.31. The first-order chi connectivity index (χ1) is 11.9. The smallest absolute Gasteiger partial charge is 0.446 e. The third-order valence-electron chi connectivity index (χ3n) is 4.00. The number of hydrogen-bond donors (Lipinski definition) is 1. The van der Waals surface area contributed by atoms with Crippen LogP contribution in [0.3, 0.4) is 0 Å². The van der Waals surface area contributed by atoms with Crippen molar-refractivity contribution in [3.8, 4) is 23.3 Å². The van der Waals surface area contributed by atoms with Gasteiger partial charge in [-0.15, -0.1) is 0 Å². The summed E-state index contributed by atoms with van der Waals surface area (Å²) in [5, 5.41) is 0. The lowest BCUT2D eigenvalue weighted by Gasteiger charge is -2.19. The number of ether oxygens (including phenoxy) is 1. The molecule has 0 saturated heterocycles. The fourth-order valence-corrected chi connectivity index (χ4v) is 3.27. The summed E-state index contributed by atoms with van der Waals surface area (Å²) in [7, 11) is -4.55. The lowest BCUT2D eigenvalue weighted by Crippen LogP contribution is -2.09. The topological polar surface area (TPSA) is 72.8 Å². The minimum atomic E-state index is -4.55. The standard InChI is InChI=1S/C19H18O5S/c1-3-23-17-8-6-14-4-5-15-7-9-18(24-25(20,21)22)12-19(15)13(2)10-16(14)11-17/h6-9,11-13H,3,10H2,1-2H3,(H,20,21,22). The fraction of sp³-hybridized carbons (Fsp3) is 0.263. The molecule has 6 heteroatoms. The van der Waals surface area contributed by atoms with E-state index in [9.17, 15) is 8.42 Å². The molecule has 0 radical (unpaired) electrons. The van der Waals surface area contributed by atoms with Crippen LogP contribution in [0.1, 0.15) is 42.0 Å². The monoisotopic (exact) mass is 358 g/mol. The molecule has 0 fully saturated rings. The van der Waals surface area contributed by atoms with Crippen LogP contribution in [-0.2, 0) is 16.8 Å². The van der Waals surface area contributed by atoms with Gasteiger partial charge in [0.05, 0.1) is 6.61 Å². The Morgan fingerprint density at radius 2 is 1.80 bits per heavy atom. The molecule has 1 N–H and O–H groups in total. The Kier molecular flexibility index (Phi) is 4.71. The zero-order chi connectivity index (χ0) is 18.0. The number of fused-ring (bicyclic) bond motifs is 2. The molecule has 2 aromatic rings. The van der Waals surface area contributed by atoms with Gasteiger partial charge in [-0.3, -0.25) is 4.55 Å². The number of rotatable bonds is 4. The average Bonchev–Trinajstić information content (AvgIpc) is 2.52. The summed E-state index contributed by atoms with van der Waals surface area (Å²) in [6, 6.07) is 10.7. The van der Waals surface area contributed by atoms with E-state index in [0.29, 0.717) is 6.61 Å². The van der Waals surface area contributed by atoms with Gasteiger partial charge < -0.3 is 8.92 Å². The maximum absolute atomic E-state index is 10.9. The molecule has 3 rings (SSSR count). The van der Waals surface area contributed by atoms with E-state index in [1.54, 1.807) is 12.1 Å². The minimum absolute atomic E-state index is 0.0683. The van der Waals surface area contributed by atoms with Gasteiger partial charge in [0, 0.05) is 11.1 Å². The van der Waals surface area contributed by atoms with Crippen LogP contribution in [0.2, 0.25) is 0 Å². The minimum Gasteiger partial charge on any atom is -0.494 e. The van der Waals surface area contributed by atoms with Crippen LogP contribution in [-0.4, -0.2) is 19.6 Å². The quantitative estimate of drug-likeness (QED) is 0.670. The summed E-state index contributed by atoms with van der Waals surface area (Å²) in [4.78, 5) is 0. The van der Waals surface area contributed by atoms with Gasteiger partial charge in [-0.25, -0.2) is 0 Å². The van der Waals surface area contributed by atoms with E-state index in [0.717, 1.165) is 34.4 Å². The molecule has 0 spiro atoms. The normalized spacial score (nSPS) is 15.7. The molecule has 0 bridgehead atoms. The molecule has 5 nitrogen and oxygen atoms in total. The second-order valence-electron chi connectivity index (χ2n) is 5.87. The van der Waals surface area contributed by atoms with Gasteiger partial charge in [-0.05, 0) is 66.8 Å². The summed E-state index contributed by atoms with van der Waals surface area (Å²) < 4.78 is 40.8. The van der Waals surface area contributed by atoms with Crippen molar-refractivity contribution in [2.45, 2.75) is 26.2 Å². The van der Waals surface area contributed by atoms with Gasteiger partial charge in [0.25, 0.3) is 0 Å². The molecule has 0 aliphatic heterocycles. The van der Waals surface area contributed by atoms with Crippen LogP contribution in [0.15, 0.2) is 36.4 Å². The molecule has 1 aliphatic rings. The summed E-state index contributed by atoms with van der Waals surface area (Å²) in [6.45, 7) is 4.57. The highest BCUT2D eigenvalue weighted by Gasteiger charge is 2.18. The third-order valence-corrected chi connectivity index (χ3v) is 4.40. The maximum Gasteiger partial charge on any atom is 0.446 e. The van der Waals surface area contributed by atoms with Crippen LogP contribution < -0.4 is 8.92 Å². The summed E-state index contributed by atoms with van der Waals surface area (Å²) >= 11 is 0. The van der Waals surface area contributed by atoms with Crippen LogP contribution in [0.25, 0.3) is 0 Å². The van der Waals surface area contributed by atoms with E-state index < -0.39 is 10.4 Å². The zero-order valence-electron chi connectivity index (χ0n) is 13.9. The molecule has 130 valence electrons. The molecule has 0 aromatic heterocycles. The van der Waals surface area contributed by atoms with Gasteiger partial charge in [-0.2, -0.15) is 8.42 Å². The summed E-state index contributed by atoms with van der Waals surface area (Å²) in [5.74, 6) is 7.26. The third kappa shape index (κ3) is 4.13. The average molecular weight is 358 g/mol. The summed E-state index contributed by atoms with van der Waals surface area (Å²) in [5.41, 5.74) is 3.73. The van der Waals surface area contributed by atoms with E-state index in [4.69, 9.17) is 9.29 Å². The second-order valence-corrected chi connectivity index (χ2v) is 6.89. The number of hydrogen-bond acceptors (Lipinski definition) is 4. The van der Waals surface area contributed by atoms with Crippen LogP contribution in [0, 0.1) is 11.8 Å². The van der Waals surface area contributed by atoms with Gasteiger partial charge in [0.15, 0.2) is 0 Å². The van der Waals surface area contributed by atoms with Gasteiger partial charge in [0.1, 0.15) is 11.5 Å².